The Morgan fingerprint density at radius 1 is 1.50 bits per heavy atom. The highest BCUT2D eigenvalue weighted by atomic mass is 35.5. The zero-order valence-corrected chi connectivity index (χ0v) is 10.9. The van der Waals surface area contributed by atoms with Crippen LogP contribution in [-0.4, -0.2) is 22.7 Å². The van der Waals surface area contributed by atoms with Gasteiger partial charge in [0.1, 0.15) is 10.7 Å². The number of rotatable bonds is 2. The minimum Gasteiger partial charge on any atom is -0.464 e. The lowest BCUT2D eigenvalue weighted by Gasteiger charge is -2.10. The second-order valence-corrected chi connectivity index (χ2v) is 4.20. The molecule has 0 aliphatic rings. The zero-order valence-electron chi connectivity index (χ0n) is 10.2. The zero-order chi connectivity index (χ0) is 15.1. The molecule has 0 fully saturated rings. The molecule has 2 aromatic rings. The molecule has 0 radical (unpaired) electrons. The van der Waals surface area contributed by atoms with Crippen LogP contribution < -0.4 is 0 Å². The van der Waals surface area contributed by atoms with E-state index in [4.69, 9.17) is 11.6 Å². The van der Waals surface area contributed by atoms with Crippen LogP contribution in [0.15, 0.2) is 18.7 Å². The number of ether oxygens (including phenoxy) is 1. The van der Waals surface area contributed by atoms with Gasteiger partial charge in [0.05, 0.1) is 12.6 Å². The molecule has 0 aliphatic heterocycles. The van der Waals surface area contributed by atoms with Gasteiger partial charge >= 0.3 is 12.1 Å². The van der Waals surface area contributed by atoms with E-state index in [1.165, 1.54) is 12.1 Å². The SMILES string of the molecule is C=Cc1cc(C(F)(F)F)n2nc(C(=O)OC)c(Cl)c2c1. The number of hydrogen-bond acceptors (Lipinski definition) is 3. The van der Waals surface area contributed by atoms with E-state index in [-0.39, 0.29) is 21.8 Å². The molecule has 106 valence electrons. The van der Waals surface area contributed by atoms with Crippen LogP contribution in [0.25, 0.3) is 11.6 Å². The van der Waals surface area contributed by atoms with E-state index in [9.17, 15) is 18.0 Å². The van der Waals surface area contributed by atoms with Crippen molar-refractivity contribution in [2.45, 2.75) is 6.18 Å². The first-order chi connectivity index (χ1) is 9.29. The Labute approximate surface area is 116 Å². The summed E-state index contributed by atoms with van der Waals surface area (Å²) in [5.74, 6) is -0.910. The minimum absolute atomic E-state index is 0.0446. The normalized spacial score (nSPS) is 11.7. The van der Waals surface area contributed by atoms with Gasteiger partial charge in [-0.2, -0.15) is 18.3 Å². The number of halogens is 4. The van der Waals surface area contributed by atoms with Gasteiger partial charge in [-0.15, -0.1) is 0 Å². The van der Waals surface area contributed by atoms with Gasteiger partial charge in [-0.05, 0) is 17.7 Å². The molecular weight excluding hydrogens is 297 g/mol. The van der Waals surface area contributed by atoms with Gasteiger partial charge in [-0.3, -0.25) is 0 Å². The number of esters is 1. The topological polar surface area (TPSA) is 43.6 Å². The van der Waals surface area contributed by atoms with E-state index in [2.05, 4.69) is 16.4 Å². The highest BCUT2D eigenvalue weighted by Gasteiger charge is 2.35. The van der Waals surface area contributed by atoms with E-state index in [0.717, 1.165) is 13.2 Å². The van der Waals surface area contributed by atoms with Crippen LogP contribution in [0.4, 0.5) is 13.2 Å². The Balaban J connectivity index is 2.86. The number of methoxy groups -OCH3 is 1. The molecule has 2 rings (SSSR count). The molecule has 0 saturated carbocycles. The van der Waals surface area contributed by atoms with Crippen molar-refractivity contribution >= 4 is 29.2 Å². The van der Waals surface area contributed by atoms with Crippen LogP contribution in [0.2, 0.25) is 5.02 Å². The standard InChI is InChI=1S/C12H8ClF3N2O2/c1-3-6-4-7-9(13)10(11(19)20-2)17-18(7)8(5-6)12(14,15)16/h3-5H,1H2,2H3. The molecule has 4 nitrogen and oxygen atoms in total. The van der Waals surface area contributed by atoms with Crippen molar-refractivity contribution in [3.63, 3.8) is 0 Å². The molecular formula is C12H8ClF3N2O2. The summed E-state index contributed by atoms with van der Waals surface area (Å²) in [6.45, 7) is 3.42. The first-order valence-electron chi connectivity index (χ1n) is 5.29. The molecule has 0 atom stereocenters. The smallest absolute Gasteiger partial charge is 0.433 e. The molecule has 0 saturated heterocycles. The third-order valence-corrected chi connectivity index (χ3v) is 2.97. The van der Waals surface area contributed by atoms with Gasteiger partial charge in [-0.25, -0.2) is 9.31 Å². The number of carbonyl (C=O) groups excluding carboxylic acids is 1. The first kappa shape index (κ1) is 14.4. The second-order valence-electron chi connectivity index (χ2n) is 3.83. The third kappa shape index (κ3) is 2.24. The summed E-state index contributed by atoms with van der Waals surface area (Å²) >= 11 is 5.90. The maximum Gasteiger partial charge on any atom is 0.433 e. The number of aromatic nitrogens is 2. The van der Waals surface area contributed by atoms with Crippen molar-refractivity contribution in [3.05, 3.63) is 40.7 Å². The van der Waals surface area contributed by atoms with E-state index in [0.29, 0.717) is 4.52 Å². The fraction of sp³-hybridized carbons (Fsp3) is 0.167. The lowest BCUT2D eigenvalue weighted by atomic mass is 10.2. The summed E-state index contributed by atoms with van der Waals surface area (Å²) in [6, 6.07) is 2.22. The highest BCUT2D eigenvalue weighted by molar-refractivity contribution is 6.36. The van der Waals surface area contributed by atoms with Gasteiger partial charge in [0, 0.05) is 0 Å². The Kier molecular flexibility index (Phi) is 3.47. The molecule has 0 bridgehead atoms. The van der Waals surface area contributed by atoms with Crippen LogP contribution in [-0.2, 0) is 10.9 Å². The van der Waals surface area contributed by atoms with Crippen molar-refractivity contribution in [1.82, 2.24) is 9.61 Å². The van der Waals surface area contributed by atoms with Gasteiger partial charge < -0.3 is 4.74 Å². The summed E-state index contributed by atoms with van der Waals surface area (Å²) in [5.41, 5.74) is -1.26. The second kappa shape index (κ2) is 4.82. The number of nitrogens with zero attached hydrogens (tertiary/aromatic N) is 2. The highest BCUT2D eigenvalue weighted by Crippen LogP contribution is 2.33. The van der Waals surface area contributed by atoms with Crippen molar-refractivity contribution < 1.29 is 22.7 Å². The monoisotopic (exact) mass is 304 g/mol. The van der Waals surface area contributed by atoms with Gasteiger partial charge in [0.25, 0.3) is 0 Å². The van der Waals surface area contributed by atoms with Crippen LogP contribution in [0.3, 0.4) is 0 Å². The molecule has 8 heteroatoms. The molecule has 0 amide bonds. The molecule has 2 heterocycles. The quantitative estimate of drug-likeness (QED) is 0.798. The Morgan fingerprint density at radius 2 is 2.15 bits per heavy atom. The molecule has 0 aromatic carbocycles. The van der Waals surface area contributed by atoms with Gasteiger partial charge in [-0.1, -0.05) is 24.3 Å². The fourth-order valence-corrected chi connectivity index (χ4v) is 1.94. The predicted molar refractivity (Wildman–Crippen MR) is 66.6 cm³/mol. The average molecular weight is 305 g/mol. The molecule has 2 aromatic heterocycles. The number of hydrogen-bond donors (Lipinski definition) is 0. The van der Waals surface area contributed by atoms with Crippen LogP contribution in [0.1, 0.15) is 21.7 Å². The van der Waals surface area contributed by atoms with Crippen molar-refractivity contribution in [3.8, 4) is 0 Å². The van der Waals surface area contributed by atoms with Crippen molar-refractivity contribution in [1.29, 1.82) is 0 Å². The Hall–Kier alpha value is -2.02. The largest absolute Gasteiger partial charge is 0.464 e. The van der Waals surface area contributed by atoms with Crippen molar-refractivity contribution in [2.24, 2.45) is 0 Å². The molecule has 0 N–H and O–H groups in total. The van der Waals surface area contributed by atoms with E-state index in [1.807, 2.05) is 0 Å². The maximum absolute atomic E-state index is 13.0. The summed E-state index contributed by atoms with van der Waals surface area (Å²) in [7, 11) is 1.09. The molecule has 20 heavy (non-hydrogen) atoms. The van der Waals surface area contributed by atoms with Crippen LogP contribution >= 0.6 is 11.6 Å². The summed E-state index contributed by atoms with van der Waals surface area (Å²) in [4.78, 5) is 11.4. The Morgan fingerprint density at radius 3 is 2.65 bits per heavy atom. The third-order valence-electron chi connectivity index (χ3n) is 2.60. The van der Waals surface area contributed by atoms with Crippen LogP contribution in [0, 0.1) is 0 Å². The molecule has 0 spiro atoms. The number of carbonyl (C=O) groups is 1. The lowest BCUT2D eigenvalue weighted by molar-refractivity contribution is -0.142. The minimum atomic E-state index is -4.65. The predicted octanol–water partition coefficient (Wildman–Crippen LogP) is 3.44. The first-order valence-corrected chi connectivity index (χ1v) is 5.67. The van der Waals surface area contributed by atoms with E-state index >= 15 is 0 Å². The maximum atomic E-state index is 13.0. The van der Waals surface area contributed by atoms with Gasteiger partial charge in [0.2, 0.25) is 0 Å². The van der Waals surface area contributed by atoms with E-state index < -0.39 is 17.8 Å². The average Bonchev–Trinajstić information content (AvgIpc) is 2.73. The Bertz CT molecular complexity index is 707. The molecule has 0 aliphatic carbocycles. The lowest BCUT2D eigenvalue weighted by Crippen LogP contribution is -2.13. The number of fused-ring (bicyclic) bond motifs is 1. The van der Waals surface area contributed by atoms with Gasteiger partial charge in [0.15, 0.2) is 5.69 Å². The number of pyridine rings is 1. The summed E-state index contributed by atoms with van der Waals surface area (Å²) in [6.07, 6.45) is -3.41. The summed E-state index contributed by atoms with van der Waals surface area (Å²) in [5, 5.41) is 3.38. The molecule has 0 unspecified atom stereocenters. The fourth-order valence-electron chi connectivity index (χ4n) is 1.69. The van der Waals surface area contributed by atoms with Crippen LogP contribution in [0.5, 0.6) is 0 Å². The summed E-state index contributed by atoms with van der Waals surface area (Å²) < 4.78 is 44.0. The number of alkyl halides is 3. The van der Waals surface area contributed by atoms with Crippen molar-refractivity contribution in [2.75, 3.05) is 7.11 Å². The van der Waals surface area contributed by atoms with E-state index in [1.54, 1.807) is 0 Å².